The molecule has 15 nitrogen and oxygen atoms in total. The summed E-state index contributed by atoms with van der Waals surface area (Å²) in [5.41, 5.74) is 0.468. The predicted molar refractivity (Wildman–Crippen MR) is 169 cm³/mol. The lowest BCUT2D eigenvalue weighted by atomic mass is 9.75. The van der Waals surface area contributed by atoms with E-state index in [1.54, 1.807) is 32.9 Å². The van der Waals surface area contributed by atoms with Crippen LogP contribution >= 0.6 is 0 Å². The number of Topliss-reactive ketones (excluding diaryl/α,β-unsaturated/α-hetero) is 2. The van der Waals surface area contributed by atoms with Crippen LogP contribution in [0.5, 0.6) is 17.2 Å². The summed E-state index contributed by atoms with van der Waals surface area (Å²) >= 11 is 0. The lowest BCUT2D eigenvalue weighted by molar-refractivity contribution is -0.298. The number of aliphatic hydroxyl groups is 5. The van der Waals surface area contributed by atoms with Gasteiger partial charge in [-0.25, -0.2) is 0 Å². The number of ether oxygens (including phenoxy) is 6. The van der Waals surface area contributed by atoms with Gasteiger partial charge in [-0.1, -0.05) is 0 Å². The topological polar surface area (TPSA) is 231 Å². The molecule has 0 amide bonds. The molecule has 49 heavy (non-hydrogen) atoms. The Labute approximate surface area is 282 Å². The Morgan fingerprint density at radius 1 is 0.959 bits per heavy atom. The third-order valence-corrected chi connectivity index (χ3v) is 9.85. The van der Waals surface area contributed by atoms with Gasteiger partial charge < -0.3 is 64.2 Å². The molecule has 0 bridgehead atoms. The molecule has 2 aliphatic heterocycles. The molecule has 7 N–H and O–H groups in total. The van der Waals surface area contributed by atoms with E-state index in [4.69, 9.17) is 28.4 Å². The largest absolute Gasteiger partial charge is 0.507 e. The van der Waals surface area contributed by atoms with E-state index in [0.29, 0.717) is 10.9 Å². The van der Waals surface area contributed by atoms with Gasteiger partial charge in [-0.3, -0.25) is 9.59 Å². The molecule has 2 aromatic rings. The number of phenolic OH excluding ortho intramolecular Hbond substituents is 2. The molecule has 15 heteroatoms. The van der Waals surface area contributed by atoms with E-state index in [0.717, 1.165) is 0 Å². The predicted octanol–water partition coefficient (Wildman–Crippen LogP) is 0.372. The molecule has 2 aromatic carbocycles. The van der Waals surface area contributed by atoms with Crippen LogP contribution in [-0.2, 0) is 34.9 Å². The first-order valence-corrected chi connectivity index (χ1v) is 16.3. The number of methoxy groups -OCH3 is 2. The van der Waals surface area contributed by atoms with Crippen LogP contribution in [0.15, 0.2) is 12.1 Å². The average molecular weight is 695 g/mol. The number of fused-ring (bicyclic) bond motifs is 2. The summed E-state index contributed by atoms with van der Waals surface area (Å²) in [7, 11) is 2.51. The zero-order valence-corrected chi connectivity index (χ0v) is 28.2. The Morgan fingerprint density at radius 3 is 2.22 bits per heavy atom. The second-order valence-electron chi connectivity index (χ2n) is 13.2. The van der Waals surface area contributed by atoms with Crippen LogP contribution in [0.1, 0.15) is 55.1 Å². The van der Waals surface area contributed by atoms with Crippen LogP contribution in [0.25, 0.3) is 10.8 Å². The zero-order valence-electron chi connectivity index (χ0n) is 28.2. The fraction of sp³-hybridized carbons (Fsp3) is 0.647. The lowest BCUT2D eigenvalue weighted by Crippen LogP contribution is -2.53. The minimum absolute atomic E-state index is 0.00156. The highest BCUT2D eigenvalue weighted by molar-refractivity contribution is 6.11. The first-order chi connectivity index (χ1) is 23.1. The molecule has 5 rings (SSSR count). The molecule has 272 valence electrons. The van der Waals surface area contributed by atoms with Gasteiger partial charge in [0.05, 0.1) is 41.5 Å². The molecular formula is C34H46O15. The van der Waals surface area contributed by atoms with Gasteiger partial charge in [0.15, 0.2) is 17.9 Å². The first kappa shape index (κ1) is 37.3. The quantitative estimate of drug-likeness (QED) is 0.178. The third kappa shape index (κ3) is 7.02. The Kier molecular flexibility index (Phi) is 11.2. The van der Waals surface area contributed by atoms with Crippen molar-refractivity contribution in [3.63, 3.8) is 0 Å². The van der Waals surface area contributed by atoms with E-state index in [1.165, 1.54) is 21.1 Å². The SMILES string of the molecule is CO[C@@H]1C(=O)c2c(cc3cc(O[C@H]4CC(O[C@H]5CC(O)[C@H](O)C(C)O5)[C@H](O)C(C)O4)c(C)c(O)c3c2O)C[C@H]1[C@H](OC)C(=O)[C@@H](O)[C@@H](C)O. The van der Waals surface area contributed by atoms with Crippen LogP contribution in [-0.4, -0.2) is 135 Å². The van der Waals surface area contributed by atoms with Crippen LogP contribution in [0, 0.1) is 12.8 Å². The Balaban J connectivity index is 1.44. The zero-order chi connectivity index (χ0) is 36.1. The standard InChI is InChI=1S/C34H46O15/c1-12-20(48-23-11-21(29(40)15(4)47-23)49-22-10-19(36)28(39)14(3)46-22)9-17-7-16-8-18(34(45-6)32(43)27(38)13(2)35)33(44-5)31(42)25(16)30(41)24(17)26(12)37/h7,9,13-15,18-19,21-23,27-29,33-41H,8,10-11H2,1-6H3/t13-,14?,15?,18-,19?,21?,22+,23+,27+,28-,29-,33+,34+/m1/s1. The number of rotatable bonds is 10. The van der Waals surface area contributed by atoms with Crippen molar-refractivity contribution in [1.82, 2.24) is 0 Å². The maximum atomic E-state index is 13.7. The first-order valence-electron chi connectivity index (χ1n) is 16.3. The van der Waals surface area contributed by atoms with E-state index in [-0.39, 0.29) is 47.3 Å². The highest BCUT2D eigenvalue weighted by Crippen LogP contribution is 2.46. The van der Waals surface area contributed by atoms with E-state index in [9.17, 15) is 45.3 Å². The fourth-order valence-electron chi connectivity index (χ4n) is 7.04. The molecule has 1 aliphatic carbocycles. The third-order valence-electron chi connectivity index (χ3n) is 9.85. The van der Waals surface area contributed by atoms with Gasteiger partial charge in [0.2, 0.25) is 6.29 Å². The molecule has 4 unspecified atom stereocenters. The molecule has 0 saturated carbocycles. The van der Waals surface area contributed by atoms with Gasteiger partial charge in [0, 0.05) is 38.5 Å². The van der Waals surface area contributed by atoms with E-state index < -0.39 is 96.9 Å². The molecule has 2 heterocycles. The van der Waals surface area contributed by atoms with Crippen molar-refractivity contribution in [2.45, 2.75) is 121 Å². The van der Waals surface area contributed by atoms with Crippen molar-refractivity contribution < 1.29 is 73.8 Å². The highest BCUT2D eigenvalue weighted by Gasteiger charge is 2.47. The molecular weight excluding hydrogens is 648 g/mol. The van der Waals surface area contributed by atoms with Crippen molar-refractivity contribution in [3.05, 3.63) is 28.8 Å². The molecule has 2 saturated heterocycles. The summed E-state index contributed by atoms with van der Waals surface area (Å²) < 4.78 is 34.6. The van der Waals surface area contributed by atoms with Crippen LogP contribution in [0.2, 0.25) is 0 Å². The van der Waals surface area contributed by atoms with Crippen LogP contribution in [0.3, 0.4) is 0 Å². The van der Waals surface area contributed by atoms with Crippen molar-refractivity contribution in [3.8, 4) is 17.2 Å². The molecule has 0 spiro atoms. The number of aromatic hydroxyl groups is 2. The van der Waals surface area contributed by atoms with Gasteiger partial charge in [-0.15, -0.1) is 0 Å². The highest BCUT2D eigenvalue weighted by atomic mass is 16.7. The maximum absolute atomic E-state index is 13.7. The molecule has 2 fully saturated rings. The van der Waals surface area contributed by atoms with Gasteiger partial charge in [-0.05, 0) is 57.2 Å². The normalized spacial score (nSPS) is 33.9. The summed E-state index contributed by atoms with van der Waals surface area (Å²) in [6.07, 6.45) is -13.0. The van der Waals surface area contributed by atoms with Crippen molar-refractivity contribution in [1.29, 1.82) is 0 Å². The molecule has 0 aromatic heterocycles. The average Bonchev–Trinajstić information content (AvgIpc) is 3.04. The van der Waals surface area contributed by atoms with Gasteiger partial charge >= 0.3 is 0 Å². The molecule has 3 aliphatic rings. The number of carbonyl (C=O) groups is 2. The molecule has 0 radical (unpaired) electrons. The number of hydrogen-bond acceptors (Lipinski definition) is 15. The monoisotopic (exact) mass is 694 g/mol. The summed E-state index contributed by atoms with van der Waals surface area (Å²) in [5, 5.41) is 74.1. The van der Waals surface area contributed by atoms with Crippen LogP contribution < -0.4 is 4.74 Å². The summed E-state index contributed by atoms with van der Waals surface area (Å²) in [4.78, 5) is 26.8. The number of aliphatic hydroxyl groups excluding tert-OH is 5. The van der Waals surface area contributed by atoms with E-state index >= 15 is 0 Å². The molecule has 13 atom stereocenters. The lowest BCUT2D eigenvalue weighted by Gasteiger charge is -2.41. The van der Waals surface area contributed by atoms with Gasteiger partial charge in [0.25, 0.3) is 0 Å². The van der Waals surface area contributed by atoms with E-state index in [1.807, 2.05) is 0 Å². The Bertz CT molecular complexity index is 1530. The van der Waals surface area contributed by atoms with Gasteiger partial charge in [0.1, 0.15) is 47.8 Å². The minimum Gasteiger partial charge on any atom is -0.507 e. The second-order valence-corrected chi connectivity index (χ2v) is 13.2. The van der Waals surface area contributed by atoms with Crippen molar-refractivity contribution in [2.24, 2.45) is 5.92 Å². The number of hydrogen-bond donors (Lipinski definition) is 7. The summed E-state index contributed by atoms with van der Waals surface area (Å²) in [6.45, 7) is 6.04. The number of ketones is 2. The summed E-state index contributed by atoms with van der Waals surface area (Å²) in [6, 6.07) is 3.14. The Hall–Kier alpha value is -2.96. The van der Waals surface area contributed by atoms with Gasteiger partial charge in [-0.2, -0.15) is 0 Å². The van der Waals surface area contributed by atoms with E-state index in [2.05, 4.69) is 0 Å². The number of benzene rings is 2. The second kappa shape index (κ2) is 14.7. The fourth-order valence-corrected chi connectivity index (χ4v) is 7.04. The van der Waals surface area contributed by atoms with Crippen molar-refractivity contribution >= 4 is 22.3 Å². The number of phenols is 2. The maximum Gasteiger partial charge on any atom is 0.202 e. The Morgan fingerprint density at radius 2 is 1.61 bits per heavy atom. The number of carbonyl (C=O) groups excluding carboxylic acids is 2. The minimum atomic E-state index is -1.77. The smallest absolute Gasteiger partial charge is 0.202 e. The van der Waals surface area contributed by atoms with Crippen LogP contribution in [0.4, 0.5) is 0 Å². The summed E-state index contributed by atoms with van der Waals surface area (Å²) in [5.74, 6) is -3.07. The van der Waals surface area contributed by atoms with Crippen molar-refractivity contribution in [2.75, 3.05) is 14.2 Å².